The first-order valence-electron chi connectivity index (χ1n) is 8.55. The third kappa shape index (κ3) is 4.20. The summed E-state index contributed by atoms with van der Waals surface area (Å²) < 4.78 is 13.0. The molecule has 23 heavy (non-hydrogen) atoms. The van der Waals surface area contributed by atoms with E-state index < -0.39 is 5.97 Å². The van der Waals surface area contributed by atoms with Crippen molar-refractivity contribution in [2.75, 3.05) is 0 Å². The van der Waals surface area contributed by atoms with E-state index in [9.17, 15) is 9.18 Å². The van der Waals surface area contributed by atoms with Crippen molar-refractivity contribution >= 4 is 11.5 Å². The molecular formula is C19H24FNO2. The van der Waals surface area contributed by atoms with Gasteiger partial charge in [-0.3, -0.25) is 4.79 Å². The van der Waals surface area contributed by atoms with Gasteiger partial charge in [0, 0.05) is 12.1 Å². The summed E-state index contributed by atoms with van der Waals surface area (Å²) in [6.07, 6.45) is 8.84. The van der Waals surface area contributed by atoms with Gasteiger partial charge in [-0.25, -0.2) is 4.39 Å². The minimum absolute atomic E-state index is 0.149. The maximum atomic E-state index is 13.0. The number of hydrogen-bond acceptors (Lipinski definition) is 2. The number of carbonyl (C=O) groups is 1. The van der Waals surface area contributed by atoms with Crippen LogP contribution in [0, 0.1) is 11.7 Å². The molecule has 3 nitrogen and oxygen atoms in total. The minimum Gasteiger partial charge on any atom is -0.481 e. The van der Waals surface area contributed by atoms with Gasteiger partial charge in [0.1, 0.15) is 5.82 Å². The van der Waals surface area contributed by atoms with Gasteiger partial charge in [0.2, 0.25) is 0 Å². The molecule has 1 atom stereocenters. The summed E-state index contributed by atoms with van der Waals surface area (Å²) in [5.41, 5.74) is 2.42. The predicted octanol–water partition coefficient (Wildman–Crippen LogP) is 3.99. The van der Waals surface area contributed by atoms with Crippen molar-refractivity contribution in [2.45, 2.75) is 57.0 Å². The summed E-state index contributed by atoms with van der Waals surface area (Å²) in [4.78, 5) is 11.0. The lowest BCUT2D eigenvalue weighted by Gasteiger charge is -2.32. The number of benzene rings is 1. The van der Waals surface area contributed by atoms with E-state index in [1.54, 1.807) is 0 Å². The highest BCUT2D eigenvalue weighted by molar-refractivity contribution is 5.70. The molecule has 0 radical (unpaired) electrons. The molecule has 0 amide bonds. The first-order chi connectivity index (χ1) is 11.1. The van der Waals surface area contributed by atoms with Crippen molar-refractivity contribution in [3.63, 3.8) is 0 Å². The lowest BCUT2D eigenvalue weighted by Crippen LogP contribution is -2.41. The van der Waals surface area contributed by atoms with Crippen LogP contribution in [0.25, 0.3) is 5.57 Å². The van der Waals surface area contributed by atoms with E-state index in [1.807, 2.05) is 12.1 Å². The lowest BCUT2D eigenvalue weighted by molar-refractivity contribution is -0.142. The Bertz CT molecular complexity index is 574. The maximum absolute atomic E-state index is 13.0. The Labute approximate surface area is 136 Å². The highest BCUT2D eigenvalue weighted by atomic mass is 19.1. The molecule has 1 unspecified atom stereocenters. The van der Waals surface area contributed by atoms with Gasteiger partial charge in [0.25, 0.3) is 0 Å². The van der Waals surface area contributed by atoms with Crippen LogP contribution in [-0.2, 0) is 4.79 Å². The highest BCUT2D eigenvalue weighted by Gasteiger charge is 2.27. The minimum atomic E-state index is -0.645. The van der Waals surface area contributed by atoms with Gasteiger partial charge in [-0.05, 0) is 68.2 Å². The average Bonchev–Trinajstić information content (AvgIpc) is 2.57. The van der Waals surface area contributed by atoms with E-state index in [-0.39, 0.29) is 11.7 Å². The number of aliphatic carboxylic acids is 1. The summed E-state index contributed by atoms with van der Waals surface area (Å²) in [5, 5.41) is 12.7. The number of carboxylic acids is 1. The van der Waals surface area contributed by atoms with Crippen molar-refractivity contribution in [3.05, 3.63) is 41.7 Å². The molecule has 4 heteroatoms. The third-order valence-electron chi connectivity index (χ3n) is 5.17. The number of hydrogen-bond donors (Lipinski definition) is 2. The fraction of sp³-hybridized carbons (Fsp3) is 0.526. The van der Waals surface area contributed by atoms with Gasteiger partial charge in [0.05, 0.1) is 5.92 Å². The number of nitrogens with one attached hydrogen (secondary N) is 1. The molecule has 0 aromatic heterocycles. The molecule has 0 saturated heterocycles. The van der Waals surface area contributed by atoms with E-state index in [0.717, 1.165) is 50.5 Å². The van der Waals surface area contributed by atoms with E-state index in [2.05, 4.69) is 11.4 Å². The molecular weight excluding hydrogens is 293 g/mol. The van der Waals surface area contributed by atoms with E-state index in [1.165, 1.54) is 17.7 Å². The molecule has 2 N–H and O–H groups in total. The van der Waals surface area contributed by atoms with Crippen LogP contribution in [0.5, 0.6) is 0 Å². The monoisotopic (exact) mass is 317 g/mol. The molecule has 0 aliphatic heterocycles. The van der Waals surface area contributed by atoms with Crippen LogP contribution in [0.2, 0.25) is 0 Å². The maximum Gasteiger partial charge on any atom is 0.306 e. The van der Waals surface area contributed by atoms with E-state index in [4.69, 9.17) is 5.11 Å². The highest BCUT2D eigenvalue weighted by Crippen LogP contribution is 2.29. The second-order valence-electron chi connectivity index (χ2n) is 6.76. The van der Waals surface area contributed by atoms with Crippen LogP contribution in [-0.4, -0.2) is 23.2 Å². The molecule has 1 fully saturated rings. The molecule has 1 aromatic rings. The zero-order valence-corrected chi connectivity index (χ0v) is 13.3. The molecule has 1 saturated carbocycles. The topological polar surface area (TPSA) is 49.3 Å². The van der Waals surface area contributed by atoms with Crippen molar-refractivity contribution in [1.82, 2.24) is 5.32 Å². The zero-order chi connectivity index (χ0) is 16.2. The molecule has 0 bridgehead atoms. The fourth-order valence-electron chi connectivity index (χ4n) is 3.75. The fourth-order valence-corrected chi connectivity index (χ4v) is 3.75. The summed E-state index contributed by atoms with van der Waals surface area (Å²) in [6, 6.07) is 7.66. The molecule has 124 valence electrons. The van der Waals surface area contributed by atoms with E-state index in [0.29, 0.717) is 12.1 Å². The Morgan fingerprint density at radius 1 is 1.04 bits per heavy atom. The van der Waals surface area contributed by atoms with Crippen molar-refractivity contribution in [3.8, 4) is 0 Å². The first kappa shape index (κ1) is 16.2. The number of halogens is 1. The standard InChI is InChI=1S/C19H24FNO2/c20-16-7-1-13(2-8-16)14-3-9-17(10-4-14)21-18-11-5-15(6-12-18)19(22)23/h1-3,7-8,15,17-18,21H,4-6,9-12H2,(H,22,23). The largest absolute Gasteiger partial charge is 0.481 e. The summed E-state index contributed by atoms with van der Waals surface area (Å²) in [5.74, 6) is -0.987. The Hall–Kier alpha value is -1.68. The van der Waals surface area contributed by atoms with Gasteiger partial charge in [-0.15, -0.1) is 0 Å². The van der Waals surface area contributed by atoms with Crippen LogP contribution >= 0.6 is 0 Å². The van der Waals surface area contributed by atoms with Crippen LogP contribution in [0.4, 0.5) is 4.39 Å². The van der Waals surface area contributed by atoms with Crippen molar-refractivity contribution in [1.29, 1.82) is 0 Å². The number of carboxylic acid groups (broad SMARTS) is 1. The summed E-state index contributed by atoms with van der Waals surface area (Å²) in [7, 11) is 0. The second kappa shape index (κ2) is 7.26. The zero-order valence-electron chi connectivity index (χ0n) is 13.3. The van der Waals surface area contributed by atoms with E-state index >= 15 is 0 Å². The molecule has 0 spiro atoms. The molecule has 2 aliphatic rings. The quantitative estimate of drug-likeness (QED) is 0.882. The Morgan fingerprint density at radius 2 is 1.74 bits per heavy atom. The SMILES string of the molecule is O=C(O)C1CCC(NC2CC=C(c3ccc(F)cc3)CC2)CC1. The van der Waals surface area contributed by atoms with Gasteiger partial charge in [-0.1, -0.05) is 18.2 Å². The normalized spacial score (nSPS) is 28.2. The Kier molecular flexibility index (Phi) is 5.11. The second-order valence-corrected chi connectivity index (χ2v) is 6.76. The molecule has 3 rings (SSSR count). The predicted molar refractivity (Wildman–Crippen MR) is 88.5 cm³/mol. The number of rotatable bonds is 4. The van der Waals surface area contributed by atoms with Crippen LogP contribution in [0.3, 0.4) is 0 Å². The third-order valence-corrected chi connectivity index (χ3v) is 5.17. The van der Waals surface area contributed by atoms with Gasteiger partial charge >= 0.3 is 5.97 Å². The first-order valence-corrected chi connectivity index (χ1v) is 8.55. The van der Waals surface area contributed by atoms with Crippen molar-refractivity contribution < 1.29 is 14.3 Å². The average molecular weight is 317 g/mol. The Balaban J connectivity index is 1.49. The molecule has 1 aromatic carbocycles. The molecule has 2 aliphatic carbocycles. The smallest absolute Gasteiger partial charge is 0.306 e. The van der Waals surface area contributed by atoms with Gasteiger partial charge in [-0.2, -0.15) is 0 Å². The van der Waals surface area contributed by atoms with Crippen LogP contribution < -0.4 is 5.32 Å². The Morgan fingerprint density at radius 3 is 2.30 bits per heavy atom. The van der Waals surface area contributed by atoms with Crippen molar-refractivity contribution in [2.24, 2.45) is 5.92 Å². The summed E-state index contributed by atoms with van der Waals surface area (Å²) in [6.45, 7) is 0. The molecule has 0 heterocycles. The summed E-state index contributed by atoms with van der Waals surface area (Å²) >= 11 is 0. The van der Waals surface area contributed by atoms with Crippen LogP contribution in [0.15, 0.2) is 30.3 Å². The van der Waals surface area contributed by atoms with Crippen LogP contribution in [0.1, 0.15) is 50.5 Å². The van der Waals surface area contributed by atoms with Gasteiger partial charge < -0.3 is 10.4 Å². The van der Waals surface area contributed by atoms with Gasteiger partial charge in [0.15, 0.2) is 0 Å². The number of allylic oxidation sites excluding steroid dienone is 1. The lowest BCUT2D eigenvalue weighted by atomic mass is 9.84.